The Morgan fingerprint density at radius 2 is 2.12 bits per heavy atom. The Labute approximate surface area is 97.6 Å². The van der Waals surface area contributed by atoms with Gasteiger partial charge in [-0.25, -0.2) is 8.78 Å². The predicted molar refractivity (Wildman–Crippen MR) is 60.1 cm³/mol. The third-order valence-electron chi connectivity index (χ3n) is 2.50. The molecule has 1 unspecified atom stereocenters. The van der Waals surface area contributed by atoms with E-state index < -0.39 is 16.9 Å². The van der Waals surface area contributed by atoms with E-state index in [0.29, 0.717) is 0 Å². The molecule has 0 spiro atoms. The summed E-state index contributed by atoms with van der Waals surface area (Å²) < 4.78 is 25.3. The Morgan fingerprint density at radius 1 is 1.53 bits per heavy atom. The summed E-state index contributed by atoms with van der Waals surface area (Å²) in [6.45, 7) is 2.92. The molecule has 1 rings (SSSR count). The monoisotopic (exact) mass is 244 g/mol. The van der Waals surface area contributed by atoms with Gasteiger partial charge in [0.25, 0.3) is 12.1 Å². The molecule has 0 radical (unpaired) electrons. The van der Waals surface area contributed by atoms with Crippen LogP contribution in [0.25, 0.3) is 0 Å². The summed E-state index contributed by atoms with van der Waals surface area (Å²) in [5.41, 5.74) is 4.51. The van der Waals surface area contributed by atoms with Gasteiger partial charge in [0.2, 0.25) is 0 Å². The SMILES string of the molecule is Cc1ccc([N+](=O)[O-])c(CC(C)(N)C(F)F)c1. The lowest BCUT2D eigenvalue weighted by molar-refractivity contribution is -0.385. The summed E-state index contributed by atoms with van der Waals surface area (Å²) >= 11 is 0. The minimum atomic E-state index is -2.73. The Balaban J connectivity index is 3.13. The van der Waals surface area contributed by atoms with Crippen LogP contribution in [-0.2, 0) is 6.42 Å². The summed E-state index contributed by atoms with van der Waals surface area (Å²) in [6.07, 6.45) is -2.97. The van der Waals surface area contributed by atoms with Gasteiger partial charge in [-0.3, -0.25) is 10.1 Å². The first-order chi connectivity index (χ1) is 7.74. The van der Waals surface area contributed by atoms with Crippen molar-refractivity contribution in [2.45, 2.75) is 32.2 Å². The second-order valence-electron chi connectivity index (χ2n) is 4.37. The van der Waals surface area contributed by atoms with Crippen LogP contribution in [0, 0.1) is 17.0 Å². The van der Waals surface area contributed by atoms with Gasteiger partial charge in [-0.05, 0) is 19.9 Å². The second kappa shape index (κ2) is 4.75. The number of hydrogen-bond donors (Lipinski definition) is 1. The molecular weight excluding hydrogens is 230 g/mol. The topological polar surface area (TPSA) is 69.2 Å². The molecule has 0 amide bonds. The van der Waals surface area contributed by atoms with Gasteiger partial charge in [0, 0.05) is 18.1 Å². The predicted octanol–water partition coefficient (Wildman–Crippen LogP) is 2.43. The molecule has 0 aliphatic rings. The lowest BCUT2D eigenvalue weighted by Crippen LogP contribution is -2.46. The van der Waals surface area contributed by atoms with E-state index in [1.54, 1.807) is 13.0 Å². The van der Waals surface area contributed by atoms with Crippen molar-refractivity contribution in [3.8, 4) is 0 Å². The van der Waals surface area contributed by atoms with E-state index in [9.17, 15) is 18.9 Å². The van der Waals surface area contributed by atoms with E-state index in [0.717, 1.165) is 5.56 Å². The zero-order valence-corrected chi connectivity index (χ0v) is 9.61. The molecule has 0 aromatic heterocycles. The quantitative estimate of drug-likeness (QED) is 0.653. The van der Waals surface area contributed by atoms with Crippen molar-refractivity contribution in [2.24, 2.45) is 5.73 Å². The van der Waals surface area contributed by atoms with Gasteiger partial charge in [0.15, 0.2) is 0 Å². The lowest BCUT2D eigenvalue weighted by atomic mass is 9.92. The largest absolute Gasteiger partial charge is 0.320 e. The average molecular weight is 244 g/mol. The third-order valence-corrected chi connectivity index (χ3v) is 2.50. The van der Waals surface area contributed by atoms with Crippen LogP contribution in [0.2, 0.25) is 0 Å². The number of rotatable bonds is 4. The van der Waals surface area contributed by atoms with Crippen LogP contribution in [0.5, 0.6) is 0 Å². The first-order valence-corrected chi connectivity index (χ1v) is 5.05. The van der Waals surface area contributed by atoms with Crippen molar-refractivity contribution in [3.63, 3.8) is 0 Å². The number of nitrogens with two attached hydrogens (primary N) is 1. The number of alkyl halides is 2. The second-order valence-corrected chi connectivity index (χ2v) is 4.37. The summed E-state index contributed by atoms with van der Waals surface area (Å²) in [4.78, 5) is 10.2. The third kappa shape index (κ3) is 3.20. The molecule has 0 heterocycles. The normalized spacial score (nSPS) is 14.7. The average Bonchev–Trinajstić information content (AvgIpc) is 2.15. The van der Waals surface area contributed by atoms with Gasteiger partial charge in [-0.15, -0.1) is 0 Å². The van der Waals surface area contributed by atoms with Crippen molar-refractivity contribution in [1.82, 2.24) is 0 Å². The fourth-order valence-corrected chi connectivity index (χ4v) is 1.52. The number of benzene rings is 1. The van der Waals surface area contributed by atoms with Crippen molar-refractivity contribution in [2.75, 3.05) is 0 Å². The van der Waals surface area contributed by atoms with Crippen LogP contribution in [0.1, 0.15) is 18.1 Å². The Morgan fingerprint density at radius 3 is 2.59 bits per heavy atom. The molecule has 17 heavy (non-hydrogen) atoms. The molecule has 0 aliphatic heterocycles. The molecule has 2 N–H and O–H groups in total. The minimum Gasteiger partial charge on any atom is -0.320 e. The maximum atomic E-state index is 12.6. The van der Waals surface area contributed by atoms with Crippen LogP contribution >= 0.6 is 0 Å². The van der Waals surface area contributed by atoms with Gasteiger partial charge < -0.3 is 5.73 Å². The fraction of sp³-hybridized carbons (Fsp3) is 0.455. The van der Waals surface area contributed by atoms with Crippen LogP contribution in [0.3, 0.4) is 0 Å². The molecule has 0 fully saturated rings. The zero-order chi connectivity index (χ0) is 13.2. The smallest absolute Gasteiger partial charge is 0.272 e. The van der Waals surface area contributed by atoms with E-state index in [1.807, 2.05) is 0 Å². The Hall–Kier alpha value is -1.56. The highest BCUT2D eigenvalue weighted by Crippen LogP contribution is 2.26. The molecule has 0 aliphatic carbocycles. The maximum absolute atomic E-state index is 12.6. The van der Waals surface area contributed by atoms with E-state index in [1.165, 1.54) is 19.1 Å². The number of aryl methyl sites for hydroxylation is 1. The van der Waals surface area contributed by atoms with E-state index in [4.69, 9.17) is 5.73 Å². The number of nitrogens with zero attached hydrogens (tertiary/aromatic N) is 1. The lowest BCUT2D eigenvalue weighted by Gasteiger charge is -2.23. The van der Waals surface area contributed by atoms with Gasteiger partial charge in [-0.2, -0.15) is 0 Å². The first-order valence-electron chi connectivity index (χ1n) is 5.05. The number of hydrogen-bond acceptors (Lipinski definition) is 3. The molecule has 1 aromatic rings. The maximum Gasteiger partial charge on any atom is 0.272 e. The molecule has 1 atom stereocenters. The molecule has 0 saturated carbocycles. The highest BCUT2D eigenvalue weighted by molar-refractivity contribution is 5.43. The molecule has 6 heteroatoms. The standard InChI is InChI=1S/C11H14F2N2O2/c1-7-3-4-9(15(16)17)8(5-7)6-11(2,14)10(12)13/h3-5,10H,6,14H2,1-2H3. The minimum absolute atomic E-state index is 0.173. The van der Waals surface area contributed by atoms with Gasteiger partial charge in [0.1, 0.15) is 0 Å². The molecule has 0 saturated heterocycles. The van der Waals surface area contributed by atoms with Crippen molar-refractivity contribution in [1.29, 1.82) is 0 Å². The van der Waals surface area contributed by atoms with E-state index in [2.05, 4.69) is 0 Å². The van der Waals surface area contributed by atoms with Crippen molar-refractivity contribution < 1.29 is 13.7 Å². The molecule has 4 nitrogen and oxygen atoms in total. The Bertz CT molecular complexity index is 433. The summed E-state index contributed by atoms with van der Waals surface area (Å²) in [5, 5.41) is 10.8. The zero-order valence-electron chi connectivity index (χ0n) is 9.61. The van der Waals surface area contributed by atoms with Crippen molar-refractivity contribution in [3.05, 3.63) is 39.4 Å². The Kier molecular flexibility index (Phi) is 3.77. The summed E-state index contributed by atoms with van der Waals surface area (Å²) in [6, 6.07) is 4.40. The molecule has 0 bridgehead atoms. The van der Waals surface area contributed by atoms with Crippen LogP contribution in [-0.4, -0.2) is 16.9 Å². The number of halogens is 2. The highest BCUT2D eigenvalue weighted by atomic mass is 19.3. The fourth-order valence-electron chi connectivity index (χ4n) is 1.52. The van der Waals surface area contributed by atoms with Gasteiger partial charge in [-0.1, -0.05) is 11.6 Å². The van der Waals surface area contributed by atoms with E-state index >= 15 is 0 Å². The van der Waals surface area contributed by atoms with Gasteiger partial charge in [0.05, 0.1) is 10.5 Å². The highest BCUT2D eigenvalue weighted by Gasteiger charge is 2.32. The first kappa shape index (κ1) is 13.5. The van der Waals surface area contributed by atoms with Crippen LogP contribution < -0.4 is 5.73 Å². The molecule has 94 valence electrons. The summed E-state index contributed by atoms with van der Waals surface area (Å²) in [7, 11) is 0. The van der Waals surface area contributed by atoms with Crippen LogP contribution in [0.4, 0.5) is 14.5 Å². The molecule has 1 aromatic carbocycles. The van der Waals surface area contributed by atoms with Gasteiger partial charge >= 0.3 is 0 Å². The van der Waals surface area contributed by atoms with E-state index in [-0.39, 0.29) is 17.7 Å². The molecular formula is C11H14F2N2O2. The summed E-state index contributed by atoms with van der Waals surface area (Å²) in [5.74, 6) is 0. The number of nitro groups is 1. The number of nitro benzene ring substituents is 1. The van der Waals surface area contributed by atoms with Crippen LogP contribution in [0.15, 0.2) is 18.2 Å². The van der Waals surface area contributed by atoms with Crippen molar-refractivity contribution >= 4 is 5.69 Å².